The van der Waals surface area contributed by atoms with Gasteiger partial charge in [-0.1, -0.05) is 70.2 Å². The van der Waals surface area contributed by atoms with Crippen LogP contribution in [0.15, 0.2) is 85.5 Å². The average Bonchev–Trinajstić information content (AvgIpc) is 3.41. The van der Waals surface area contributed by atoms with E-state index in [9.17, 15) is 4.79 Å². The first-order valence-electron chi connectivity index (χ1n) is 12.3. The third-order valence-electron chi connectivity index (χ3n) is 6.28. The van der Waals surface area contributed by atoms with Crippen molar-refractivity contribution in [3.63, 3.8) is 0 Å². The summed E-state index contributed by atoms with van der Waals surface area (Å²) in [5.74, 6) is 0.446. The average molecular weight is 493 g/mol. The van der Waals surface area contributed by atoms with Crippen molar-refractivity contribution < 1.29 is 4.79 Å². The van der Waals surface area contributed by atoms with E-state index in [4.69, 9.17) is 5.26 Å². The number of imidazole rings is 1. The van der Waals surface area contributed by atoms with Gasteiger partial charge in [-0.3, -0.25) is 4.79 Å². The lowest BCUT2D eigenvalue weighted by atomic mass is 9.93. The summed E-state index contributed by atoms with van der Waals surface area (Å²) in [4.78, 5) is 22.3. The molecular formula is C30H32N6O. The van der Waals surface area contributed by atoms with E-state index in [0.717, 1.165) is 22.5 Å². The smallest absolute Gasteiger partial charge is 0.247 e. The molecule has 0 spiro atoms. The van der Waals surface area contributed by atoms with Crippen LogP contribution < -0.4 is 10.6 Å². The van der Waals surface area contributed by atoms with Crippen LogP contribution in [-0.2, 0) is 10.2 Å². The number of carbonyl (C=O) groups is 1. The van der Waals surface area contributed by atoms with Crippen LogP contribution in [0, 0.1) is 11.3 Å². The van der Waals surface area contributed by atoms with Crippen LogP contribution >= 0.6 is 0 Å². The van der Waals surface area contributed by atoms with Gasteiger partial charge in [-0.05, 0) is 41.3 Å². The Morgan fingerprint density at radius 2 is 1.73 bits per heavy atom. The summed E-state index contributed by atoms with van der Waals surface area (Å²) in [6, 6.07) is 22.5. The first-order valence-corrected chi connectivity index (χ1v) is 12.3. The number of nitrogens with zero attached hydrogens (tertiary/aromatic N) is 4. The van der Waals surface area contributed by atoms with E-state index in [-0.39, 0.29) is 17.2 Å². The van der Waals surface area contributed by atoms with Gasteiger partial charge in [-0.15, -0.1) is 0 Å². The molecule has 0 aliphatic carbocycles. The van der Waals surface area contributed by atoms with Gasteiger partial charge in [-0.25, -0.2) is 9.97 Å². The highest BCUT2D eigenvalue weighted by Gasteiger charge is 2.22. The zero-order chi connectivity index (χ0) is 26.4. The van der Waals surface area contributed by atoms with Crippen molar-refractivity contribution in [3.8, 4) is 11.8 Å². The van der Waals surface area contributed by atoms with Gasteiger partial charge < -0.3 is 15.2 Å². The second-order valence-electron chi connectivity index (χ2n) is 10.2. The Balaban J connectivity index is 1.45. The van der Waals surface area contributed by atoms with Crippen molar-refractivity contribution >= 4 is 11.7 Å². The van der Waals surface area contributed by atoms with Crippen LogP contribution in [0.5, 0.6) is 0 Å². The van der Waals surface area contributed by atoms with Gasteiger partial charge in [-0.2, -0.15) is 5.26 Å². The molecule has 0 saturated carbocycles. The monoisotopic (exact) mass is 492 g/mol. The second kappa shape index (κ2) is 11.2. The number of pyridine rings is 1. The lowest BCUT2D eigenvalue weighted by molar-refractivity contribution is -0.118. The lowest BCUT2D eigenvalue weighted by Gasteiger charge is -2.21. The number of nitrogens with one attached hydrogen (secondary N) is 2. The van der Waals surface area contributed by atoms with Crippen molar-refractivity contribution in [3.05, 3.63) is 108 Å². The fourth-order valence-corrected chi connectivity index (χ4v) is 3.97. The van der Waals surface area contributed by atoms with Crippen molar-refractivity contribution in [1.29, 1.82) is 5.26 Å². The van der Waals surface area contributed by atoms with Crippen LogP contribution in [0.1, 0.15) is 62.0 Å². The van der Waals surface area contributed by atoms with E-state index in [1.807, 2.05) is 71.4 Å². The van der Waals surface area contributed by atoms with Gasteiger partial charge >= 0.3 is 0 Å². The van der Waals surface area contributed by atoms with Crippen LogP contribution in [0.3, 0.4) is 0 Å². The maximum Gasteiger partial charge on any atom is 0.247 e. The number of benzene rings is 2. The Morgan fingerprint density at radius 3 is 2.32 bits per heavy atom. The fraction of sp³-hybridized carbons (Fsp3) is 0.267. The topological polar surface area (TPSA) is 95.6 Å². The molecule has 2 aromatic carbocycles. The summed E-state index contributed by atoms with van der Waals surface area (Å²) >= 11 is 0. The van der Waals surface area contributed by atoms with E-state index >= 15 is 0 Å². The molecule has 0 aliphatic heterocycles. The van der Waals surface area contributed by atoms with Crippen molar-refractivity contribution in [2.24, 2.45) is 0 Å². The maximum absolute atomic E-state index is 13.3. The summed E-state index contributed by atoms with van der Waals surface area (Å²) in [7, 11) is 0. The van der Waals surface area contributed by atoms with Gasteiger partial charge in [0.15, 0.2) is 0 Å². The molecule has 0 bridgehead atoms. The zero-order valence-electron chi connectivity index (χ0n) is 21.6. The van der Waals surface area contributed by atoms with E-state index in [2.05, 4.69) is 54.4 Å². The predicted octanol–water partition coefficient (Wildman–Crippen LogP) is 5.51. The summed E-state index contributed by atoms with van der Waals surface area (Å²) in [6.45, 7) is 9.05. The predicted molar refractivity (Wildman–Crippen MR) is 145 cm³/mol. The molecule has 0 saturated heterocycles. The highest BCUT2D eigenvalue weighted by atomic mass is 16.2. The molecular weight excluding hydrogens is 460 g/mol. The third-order valence-corrected chi connectivity index (χ3v) is 6.28. The second-order valence-corrected chi connectivity index (χ2v) is 10.2. The minimum atomic E-state index is -0.550. The van der Waals surface area contributed by atoms with Gasteiger partial charge in [0.2, 0.25) is 5.91 Å². The molecule has 7 heteroatoms. The number of aromatic nitrogens is 3. The molecule has 4 aromatic rings. The van der Waals surface area contributed by atoms with E-state index in [1.165, 1.54) is 0 Å². The first kappa shape index (κ1) is 25.8. The molecule has 1 amide bonds. The molecule has 2 N–H and O–H groups in total. The number of hydrogen-bond donors (Lipinski definition) is 2. The molecule has 0 aliphatic rings. The highest BCUT2D eigenvalue weighted by Crippen LogP contribution is 2.22. The number of rotatable bonds is 8. The summed E-state index contributed by atoms with van der Waals surface area (Å²) < 4.78 is 1.93. The Labute approximate surface area is 218 Å². The van der Waals surface area contributed by atoms with Gasteiger partial charge in [0, 0.05) is 18.2 Å². The largest absolute Gasteiger partial charge is 0.309 e. The molecule has 0 fully saturated rings. The van der Waals surface area contributed by atoms with Crippen LogP contribution in [0.2, 0.25) is 0 Å². The summed E-state index contributed by atoms with van der Waals surface area (Å²) in [5.41, 5.74) is 4.43. The zero-order valence-corrected chi connectivity index (χ0v) is 21.6. The Morgan fingerprint density at radius 1 is 1.00 bits per heavy atom. The summed E-state index contributed by atoms with van der Waals surface area (Å²) in [6.07, 6.45) is 5.50. The highest BCUT2D eigenvalue weighted by molar-refractivity contribution is 5.94. The molecule has 188 valence electrons. The van der Waals surface area contributed by atoms with Crippen molar-refractivity contribution in [2.75, 3.05) is 11.9 Å². The normalized spacial score (nSPS) is 12.9. The van der Waals surface area contributed by atoms with E-state index in [0.29, 0.717) is 17.9 Å². The molecule has 4 rings (SSSR count). The Bertz CT molecular complexity index is 1360. The molecule has 2 aromatic heterocycles. The molecule has 2 heterocycles. The maximum atomic E-state index is 13.3. The third kappa shape index (κ3) is 6.49. The molecule has 7 nitrogen and oxygen atoms in total. The fourth-order valence-electron chi connectivity index (χ4n) is 3.97. The van der Waals surface area contributed by atoms with Gasteiger partial charge in [0.25, 0.3) is 0 Å². The molecule has 37 heavy (non-hydrogen) atoms. The number of hydrogen-bond acceptors (Lipinski definition) is 5. The van der Waals surface area contributed by atoms with Crippen LogP contribution in [0.4, 0.5) is 5.82 Å². The summed E-state index contributed by atoms with van der Waals surface area (Å²) in [5, 5.41) is 15.4. The van der Waals surface area contributed by atoms with E-state index in [1.54, 1.807) is 18.6 Å². The molecule has 2 atom stereocenters. The number of nitriles is 1. The number of amides is 1. The lowest BCUT2D eigenvalue weighted by Crippen LogP contribution is -2.35. The van der Waals surface area contributed by atoms with Crippen LogP contribution in [-0.4, -0.2) is 27.0 Å². The number of carbonyl (C=O) groups excluding carboxylic acids is 1. The van der Waals surface area contributed by atoms with E-state index < -0.39 is 6.04 Å². The first-order chi connectivity index (χ1) is 17.7. The Kier molecular flexibility index (Phi) is 7.80. The van der Waals surface area contributed by atoms with Gasteiger partial charge in [0.1, 0.15) is 11.9 Å². The quantitative estimate of drug-likeness (QED) is 0.338. The molecule has 1 unspecified atom stereocenters. The SMILES string of the molecule is CC(CN[C@H](C(=O)Nc1ccc(-n2cnc(C(C)(C)C)c2)cn1)c1ccccc1)c1ccc(C#N)cc1. The Hall–Kier alpha value is -4.28. The molecule has 0 radical (unpaired) electrons. The number of anilines is 1. The van der Waals surface area contributed by atoms with Crippen molar-refractivity contribution in [1.82, 2.24) is 19.9 Å². The minimum Gasteiger partial charge on any atom is -0.309 e. The minimum absolute atomic E-state index is 0.0381. The standard InChI is InChI=1S/C30H32N6O/c1-21(23-12-10-22(16-31)11-13-23)17-33-28(24-8-6-5-7-9-24)29(37)35-27-15-14-25(18-32-27)36-19-26(34-20-36)30(2,3)4/h5-15,18-21,28,33H,17H2,1-4H3,(H,32,35,37)/t21?,28-/m0/s1. The van der Waals surface area contributed by atoms with Crippen LogP contribution in [0.25, 0.3) is 5.69 Å². The van der Waals surface area contributed by atoms with Gasteiger partial charge in [0.05, 0.1) is 35.5 Å². The van der Waals surface area contributed by atoms with Crippen molar-refractivity contribution in [2.45, 2.75) is 45.1 Å².